The fourth-order valence-electron chi connectivity index (χ4n) is 0.866. The normalized spacial score (nSPS) is 11.1. The summed E-state index contributed by atoms with van der Waals surface area (Å²) in [5, 5.41) is 2.60. The number of rotatable bonds is 4. The lowest BCUT2D eigenvalue weighted by molar-refractivity contribution is -0.126. The Bertz CT molecular complexity index is 192. The zero-order valence-corrected chi connectivity index (χ0v) is 8.94. The summed E-state index contributed by atoms with van der Waals surface area (Å²) in [7, 11) is 0. The van der Waals surface area contributed by atoms with Crippen LogP contribution in [0.25, 0.3) is 0 Å². The molecule has 0 aliphatic rings. The van der Waals surface area contributed by atoms with Crippen LogP contribution < -0.4 is 5.32 Å². The molecule has 0 unspecified atom stereocenters. The molecule has 0 aliphatic carbocycles. The summed E-state index contributed by atoms with van der Waals surface area (Å²) in [5.41, 5.74) is -0.0145. The van der Waals surface area contributed by atoms with Gasteiger partial charge in [-0.2, -0.15) is 0 Å². The predicted octanol–water partition coefficient (Wildman–Crippen LogP) is 1.52. The van der Waals surface area contributed by atoms with Crippen LogP contribution >= 0.6 is 0 Å². The van der Waals surface area contributed by atoms with Gasteiger partial charge < -0.3 is 5.32 Å². The van der Waals surface area contributed by atoms with Crippen molar-refractivity contribution in [1.29, 1.82) is 0 Å². The highest BCUT2D eigenvalue weighted by atomic mass is 16.2. The highest BCUT2D eigenvalue weighted by molar-refractivity contribution is 5.85. The van der Waals surface area contributed by atoms with E-state index < -0.39 is 0 Å². The first kappa shape index (κ1) is 12.1. The third-order valence-electron chi connectivity index (χ3n) is 1.57. The Morgan fingerprint density at radius 3 is 2.15 bits per heavy atom. The van der Waals surface area contributed by atoms with Crippen LogP contribution in [0.15, 0.2) is 0 Å². The molecule has 3 heteroatoms. The molecule has 0 aliphatic heterocycles. The van der Waals surface area contributed by atoms with Gasteiger partial charge in [0.1, 0.15) is 0 Å². The fourth-order valence-corrected chi connectivity index (χ4v) is 0.866. The lowest BCUT2D eigenvalue weighted by Crippen LogP contribution is -2.31. The Morgan fingerprint density at radius 2 is 1.77 bits per heavy atom. The second-order valence-corrected chi connectivity index (χ2v) is 4.41. The lowest BCUT2D eigenvalue weighted by atomic mass is 9.92. The molecule has 0 aromatic heterocycles. The fraction of sp³-hybridized carbons (Fsp3) is 0.800. The summed E-state index contributed by atoms with van der Waals surface area (Å²) in [5.74, 6) is 0.0246. The van der Waals surface area contributed by atoms with Gasteiger partial charge in [0.05, 0.1) is 6.54 Å². The van der Waals surface area contributed by atoms with Crippen LogP contribution in [0, 0.1) is 5.41 Å². The molecule has 0 spiro atoms. The number of hydrogen-bond donors (Lipinski definition) is 1. The van der Waals surface area contributed by atoms with E-state index in [9.17, 15) is 9.59 Å². The molecule has 0 saturated heterocycles. The Balaban J connectivity index is 3.71. The molecule has 13 heavy (non-hydrogen) atoms. The largest absolute Gasteiger partial charge is 0.349 e. The SMILES string of the molecule is CCC(=O)CNC(=O)CC(C)(C)C. The second kappa shape index (κ2) is 5.00. The van der Waals surface area contributed by atoms with Gasteiger partial charge in [-0.3, -0.25) is 9.59 Å². The van der Waals surface area contributed by atoms with Crippen LogP contribution in [0.3, 0.4) is 0 Å². The Kier molecular flexibility index (Phi) is 4.67. The van der Waals surface area contributed by atoms with E-state index in [1.54, 1.807) is 6.92 Å². The van der Waals surface area contributed by atoms with Crippen LogP contribution in [-0.2, 0) is 9.59 Å². The highest BCUT2D eigenvalue weighted by Gasteiger charge is 2.15. The molecular formula is C10H19NO2. The number of carbonyl (C=O) groups excluding carboxylic acids is 2. The van der Waals surface area contributed by atoms with Crippen molar-refractivity contribution in [1.82, 2.24) is 5.32 Å². The van der Waals surface area contributed by atoms with Gasteiger partial charge in [-0.1, -0.05) is 27.7 Å². The zero-order chi connectivity index (χ0) is 10.5. The highest BCUT2D eigenvalue weighted by Crippen LogP contribution is 2.17. The molecule has 0 aromatic carbocycles. The summed E-state index contributed by atoms with van der Waals surface area (Å²) in [6.45, 7) is 7.94. The minimum atomic E-state index is -0.0469. The molecule has 0 fully saturated rings. The number of ketones is 1. The predicted molar refractivity (Wildman–Crippen MR) is 52.4 cm³/mol. The monoisotopic (exact) mass is 185 g/mol. The number of carbonyl (C=O) groups is 2. The van der Waals surface area contributed by atoms with Crippen molar-refractivity contribution < 1.29 is 9.59 Å². The van der Waals surface area contributed by atoms with Crippen LogP contribution in [0.4, 0.5) is 0 Å². The number of amides is 1. The van der Waals surface area contributed by atoms with Crippen LogP contribution in [-0.4, -0.2) is 18.2 Å². The summed E-state index contributed by atoms with van der Waals surface area (Å²) in [6.07, 6.45) is 0.944. The maximum Gasteiger partial charge on any atom is 0.220 e. The van der Waals surface area contributed by atoms with Gasteiger partial charge in [-0.25, -0.2) is 0 Å². The van der Waals surface area contributed by atoms with E-state index in [1.807, 2.05) is 20.8 Å². The molecule has 0 radical (unpaired) electrons. The number of Topliss-reactive ketones (excluding diaryl/α,β-unsaturated/α-hetero) is 1. The van der Waals surface area contributed by atoms with E-state index in [-0.39, 0.29) is 23.7 Å². The van der Waals surface area contributed by atoms with E-state index in [0.29, 0.717) is 12.8 Å². The summed E-state index contributed by atoms with van der Waals surface area (Å²) in [4.78, 5) is 22.1. The van der Waals surface area contributed by atoms with Crippen molar-refractivity contribution >= 4 is 11.7 Å². The van der Waals surface area contributed by atoms with Gasteiger partial charge in [0.25, 0.3) is 0 Å². The molecule has 0 aromatic rings. The van der Waals surface area contributed by atoms with Crippen LogP contribution in [0.2, 0.25) is 0 Å². The maximum atomic E-state index is 11.2. The molecule has 3 nitrogen and oxygen atoms in total. The molecule has 0 saturated carbocycles. The molecule has 0 bridgehead atoms. The minimum absolute atomic E-state index is 0.0145. The van der Waals surface area contributed by atoms with Gasteiger partial charge >= 0.3 is 0 Å². The first-order valence-electron chi connectivity index (χ1n) is 4.63. The molecule has 1 N–H and O–H groups in total. The van der Waals surface area contributed by atoms with Gasteiger partial charge in [0.2, 0.25) is 5.91 Å². The zero-order valence-electron chi connectivity index (χ0n) is 8.94. The average molecular weight is 185 g/mol. The number of nitrogens with one attached hydrogen (secondary N) is 1. The Morgan fingerprint density at radius 1 is 1.23 bits per heavy atom. The maximum absolute atomic E-state index is 11.2. The summed E-state index contributed by atoms with van der Waals surface area (Å²) < 4.78 is 0. The van der Waals surface area contributed by atoms with Crippen molar-refractivity contribution in [3.05, 3.63) is 0 Å². The van der Waals surface area contributed by atoms with E-state index in [4.69, 9.17) is 0 Å². The topological polar surface area (TPSA) is 46.2 Å². The van der Waals surface area contributed by atoms with Crippen LogP contribution in [0.1, 0.15) is 40.5 Å². The first-order chi connectivity index (χ1) is 5.85. The van der Waals surface area contributed by atoms with Crippen molar-refractivity contribution in [3.63, 3.8) is 0 Å². The third kappa shape index (κ3) is 7.50. The van der Waals surface area contributed by atoms with Crippen molar-refractivity contribution in [2.24, 2.45) is 5.41 Å². The average Bonchev–Trinajstić information content (AvgIpc) is 1.97. The third-order valence-corrected chi connectivity index (χ3v) is 1.57. The first-order valence-corrected chi connectivity index (χ1v) is 4.63. The quantitative estimate of drug-likeness (QED) is 0.721. The van der Waals surface area contributed by atoms with Gasteiger partial charge in [0, 0.05) is 12.8 Å². The number of hydrogen-bond acceptors (Lipinski definition) is 2. The van der Waals surface area contributed by atoms with E-state index in [0.717, 1.165) is 0 Å². The molecule has 0 rings (SSSR count). The van der Waals surface area contributed by atoms with Gasteiger partial charge in [-0.05, 0) is 5.41 Å². The minimum Gasteiger partial charge on any atom is -0.349 e. The summed E-state index contributed by atoms with van der Waals surface area (Å²) >= 11 is 0. The van der Waals surface area contributed by atoms with Crippen LogP contribution in [0.5, 0.6) is 0 Å². The molecule has 0 atom stereocenters. The molecule has 76 valence electrons. The Labute approximate surface area is 79.9 Å². The van der Waals surface area contributed by atoms with Gasteiger partial charge in [-0.15, -0.1) is 0 Å². The summed E-state index contributed by atoms with van der Waals surface area (Å²) in [6, 6.07) is 0. The van der Waals surface area contributed by atoms with Crippen molar-refractivity contribution in [2.75, 3.05) is 6.54 Å². The lowest BCUT2D eigenvalue weighted by Gasteiger charge is -2.16. The van der Waals surface area contributed by atoms with Crippen molar-refractivity contribution in [3.8, 4) is 0 Å². The Hall–Kier alpha value is -0.860. The van der Waals surface area contributed by atoms with E-state index in [1.165, 1.54) is 0 Å². The molecule has 0 heterocycles. The molecule has 1 amide bonds. The van der Waals surface area contributed by atoms with Gasteiger partial charge in [0.15, 0.2) is 5.78 Å². The molecular weight excluding hydrogens is 166 g/mol. The second-order valence-electron chi connectivity index (χ2n) is 4.41. The smallest absolute Gasteiger partial charge is 0.220 e. The van der Waals surface area contributed by atoms with E-state index >= 15 is 0 Å². The van der Waals surface area contributed by atoms with E-state index in [2.05, 4.69) is 5.32 Å². The van der Waals surface area contributed by atoms with Crippen molar-refractivity contribution in [2.45, 2.75) is 40.5 Å². The standard InChI is InChI=1S/C10H19NO2/c1-5-8(12)7-11-9(13)6-10(2,3)4/h5-7H2,1-4H3,(H,11,13).